The fourth-order valence-electron chi connectivity index (χ4n) is 1.21. The van der Waals surface area contributed by atoms with Gasteiger partial charge in [0.15, 0.2) is 0 Å². The molecule has 0 unspecified atom stereocenters. The van der Waals surface area contributed by atoms with Gasteiger partial charge in [0.05, 0.1) is 16.2 Å². The quantitative estimate of drug-likeness (QED) is 0.715. The Morgan fingerprint density at radius 3 is 2.71 bits per heavy atom. The number of hydrogen-bond acceptors (Lipinski definition) is 1. The maximum atomic E-state index is 6.06. The molecular formula is C11H6Cl2N. The summed E-state index contributed by atoms with van der Waals surface area (Å²) in [4.78, 5) is 3.82. The van der Waals surface area contributed by atoms with Crippen LogP contribution >= 0.6 is 23.2 Å². The van der Waals surface area contributed by atoms with Crippen LogP contribution in [0.3, 0.4) is 0 Å². The number of rotatable bonds is 1. The van der Waals surface area contributed by atoms with E-state index in [2.05, 4.69) is 11.2 Å². The maximum absolute atomic E-state index is 6.06. The first-order valence-electron chi connectivity index (χ1n) is 4.05. The van der Waals surface area contributed by atoms with Gasteiger partial charge in [-0.05, 0) is 23.8 Å². The molecule has 1 heterocycles. The van der Waals surface area contributed by atoms with Gasteiger partial charge in [-0.1, -0.05) is 35.3 Å². The summed E-state index contributed by atoms with van der Waals surface area (Å²) in [5, 5.41) is 1.12. The Labute approximate surface area is 92.3 Å². The number of nitrogens with zero attached hydrogens (tertiary/aromatic N) is 1. The molecule has 0 amide bonds. The summed E-state index contributed by atoms with van der Waals surface area (Å²) < 4.78 is 0. The second-order valence-corrected chi connectivity index (χ2v) is 3.56. The summed E-state index contributed by atoms with van der Waals surface area (Å²) in [6.07, 6.45) is 4.43. The largest absolute Gasteiger partial charge is 0.255 e. The standard InChI is InChI=1S/C11H6Cl2N/c12-10-3-1-2-9(11(10)13)8-4-6-14-7-5-8/h1-6H. The van der Waals surface area contributed by atoms with Gasteiger partial charge in [0.25, 0.3) is 0 Å². The van der Waals surface area contributed by atoms with Gasteiger partial charge in [-0.3, -0.25) is 4.98 Å². The van der Waals surface area contributed by atoms with Crippen LogP contribution in [0.25, 0.3) is 11.1 Å². The Morgan fingerprint density at radius 1 is 1.14 bits per heavy atom. The Kier molecular flexibility index (Phi) is 2.71. The smallest absolute Gasteiger partial charge is 0.0892 e. The summed E-state index contributed by atoms with van der Waals surface area (Å²) in [6, 6.07) is 9.19. The first-order valence-corrected chi connectivity index (χ1v) is 4.81. The number of pyridine rings is 1. The third-order valence-electron chi connectivity index (χ3n) is 1.89. The van der Waals surface area contributed by atoms with E-state index in [1.165, 1.54) is 0 Å². The van der Waals surface area contributed by atoms with Crippen molar-refractivity contribution in [2.45, 2.75) is 0 Å². The van der Waals surface area contributed by atoms with Crippen molar-refractivity contribution < 1.29 is 0 Å². The van der Waals surface area contributed by atoms with Gasteiger partial charge in [-0.15, -0.1) is 0 Å². The van der Waals surface area contributed by atoms with Crippen LogP contribution < -0.4 is 0 Å². The zero-order valence-electron chi connectivity index (χ0n) is 7.17. The summed E-state index contributed by atoms with van der Waals surface area (Å²) in [6.45, 7) is 0. The molecule has 0 aliphatic heterocycles. The lowest BCUT2D eigenvalue weighted by Gasteiger charge is -2.04. The van der Waals surface area contributed by atoms with Gasteiger partial charge in [0, 0.05) is 11.8 Å². The Balaban J connectivity index is 2.58. The zero-order chi connectivity index (χ0) is 9.97. The van der Waals surface area contributed by atoms with E-state index in [4.69, 9.17) is 23.2 Å². The van der Waals surface area contributed by atoms with Crippen molar-refractivity contribution in [3.63, 3.8) is 0 Å². The third kappa shape index (κ3) is 1.74. The SMILES string of the molecule is Clc1cccc(-c2c[c]ncc2)c1Cl. The van der Waals surface area contributed by atoms with Crippen LogP contribution in [-0.4, -0.2) is 4.98 Å². The predicted molar refractivity (Wildman–Crippen MR) is 58.5 cm³/mol. The molecule has 2 rings (SSSR count). The molecule has 1 radical (unpaired) electrons. The molecule has 0 aliphatic rings. The van der Waals surface area contributed by atoms with E-state index in [0.29, 0.717) is 10.0 Å². The number of aromatic nitrogens is 1. The van der Waals surface area contributed by atoms with Crippen molar-refractivity contribution in [1.82, 2.24) is 4.98 Å². The highest BCUT2D eigenvalue weighted by Gasteiger charge is 2.05. The van der Waals surface area contributed by atoms with Gasteiger partial charge >= 0.3 is 0 Å². The van der Waals surface area contributed by atoms with E-state index in [0.717, 1.165) is 11.1 Å². The molecule has 2 aromatic rings. The molecule has 0 spiro atoms. The molecule has 14 heavy (non-hydrogen) atoms. The van der Waals surface area contributed by atoms with Crippen molar-refractivity contribution in [2.75, 3.05) is 0 Å². The molecule has 69 valence electrons. The van der Waals surface area contributed by atoms with Crippen LogP contribution in [0.4, 0.5) is 0 Å². The highest BCUT2D eigenvalue weighted by Crippen LogP contribution is 2.32. The second-order valence-electron chi connectivity index (χ2n) is 2.77. The molecule has 0 aliphatic carbocycles. The first-order chi connectivity index (χ1) is 6.79. The average molecular weight is 223 g/mol. The van der Waals surface area contributed by atoms with E-state index in [1.807, 2.05) is 18.2 Å². The Hall–Kier alpha value is -1.05. The molecule has 0 fully saturated rings. The normalized spacial score (nSPS) is 10.1. The molecule has 0 N–H and O–H groups in total. The molecule has 0 saturated heterocycles. The van der Waals surface area contributed by atoms with Crippen molar-refractivity contribution in [1.29, 1.82) is 0 Å². The van der Waals surface area contributed by atoms with E-state index >= 15 is 0 Å². The molecule has 1 nitrogen and oxygen atoms in total. The minimum absolute atomic E-state index is 0.556. The maximum Gasteiger partial charge on any atom is 0.0892 e. The highest BCUT2D eigenvalue weighted by atomic mass is 35.5. The lowest BCUT2D eigenvalue weighted by molar-refractivity contribution is 1.31. The number of benzene rings is 1. The van der Waals surface area contributed by atoms with Crippen molar-refractivity contribution >= 4 is 23.2 Å². The van der Waals surface area contributed by atoms with Gasteiger partial charge in [0.2, 0.25) is 0 Å². The van der Waals surface area contributed by atoms with E-state index in [1.54, 1.807) is 18.3 Å². The Bertz CT molecular complexity index is 440. The molecule has 1 aromatic heterocycles. The van der Waals surface area contributed by atoms with Crippen molar-refractivity contribution in [3.8, 4) is 11.1 Å². The fraction of sp³-hybridized carbons (Fsp3) is 0. The average Bonchev–Trinajstić information content (AvgIpc) is 2.23. The molecule has 1 aromatic carbocycles. The van der Waals surface area contributed by atoms with E-state index < -0.39 is 0 Å². The first kappa shape index (κ1) is 9.50. The van der Waals surface area contributed by atoms with E-state index in [-0.39, 0.29) is 0 Å². The summed E-state index contributed by atoms with van der Waals surface area (Å²) >= 11 is 12.0. The molecule has 0 atom stereocenters. The van der Waals surface area contributed by atoms with E-state index in [9.17, 15) is 0 Å². The zero-order valence-corrected chi connectivity index (χ0v) is 8.68. The fourth-order valence-corrected chi connectivity index (χ4v) is 1.62. The van der Waals surface area contributed by atoms with Crippen molar-refractivity contribution in [2.24, 2.45) is 0 Å². The van der Waals surface area contributed by atoms with Gasteiger partial charge in [-0.2, -0.15) is 0 Å². The highest BCUT2D eigenvalue weighted by molar-refractivity contribution is 6.43. The van der Waals surface area contributed by atoms with Gasteiger partial charge < -0.3 is 0 Å². The van der Waals surface area contributed by atoms with Crippen LogP contribution in [0.2, 0.25) is 10.0 Å². The summed E-state index contributed by atoms with van der Waals surface area (Å²) in [5.41, 5.74) is 1.87. The van der Waals surface area contributed by atoms with Crippen LogP contribution in [0, 0.1) is 6.20 Å². The molecule has 3 heteroatoms. The third-order valence-corrected chi connectivity index (χ3v) is 2.70. The molecule has 0 saturated carbocycles. The lowest BCUT2D eigenvalue weighted by atomic mass is 10.1. The summed E-state index contributed by atoms with van der Waals surface area (Å²) in [7, 11) is 0. The van der Waals surface area contributed by atoms with Crippen LogP contribution in [0.15, 0.2) is 36.5 Å². The number of halogens is 2. The van der Waals surface area contributed by atoms with Crippen LogP contribution in [-0.2, 0) is 0 Å². The van der Waals surface area contributed by atoms with Gasteiger partial charge in [0.1, 0.15) is 0 Å². The number of hydrogen-bond donors (Lipinski definition) is 0. The van der Waals surface area contributed by atoms with Crippen LogP contribution in [0.1, 0.15) is 0 Å². The van der Waals surface area contributed by atoms with Crippen LogP contribution in [0.5, 0.6) is 0 Å². The minimum Gasteiger partial charge on any atom is -0.255 e. The van der Waals surface area contributed by atoms with Gasteiger partial charge in [-0.25, -0.2) is 0 Å². The lowest BCUT2D eigenvalue weighted by Crippen LogP contribution is -1.80. The minimum atomic E-state index is 0.556. The molecule has 0 bridgehead atoms. The topological polar surface area (TPSA) is 12.9 Å². The monoisotopic (exact) mass is 222 g/mol. The van der Waals surface area contributed by atoms with Crippen molar-refractivity contribution in [3.05, 3.63) is 52.8 Å². The second kappa shape index (κ2) is 3.99. The Morgan fingerprint density at radius 2 is 2.00 bits per heavy atom. The molecular weight excluding hydrogens is 217 g/mol. The predicted octanol–water partition coefficient (Wildman–Crippen LogP) is 3.86. The summed E-state index contributed by atoms with van der Waals surface area (Å²) in [5.74, 6) is 0.